The van der Waals surface area contributed by atoms with Gasteiger partial charge in [0.2, 0.25) is 0 Å². The molecular formula is C15H24F3N5O. The van der Waals surface area contributed by atoms with Crippen LogP contribution >= 0.6 is 0 Å². The van der Waals surface area contributed by atoms with Crippen LogP contribution in [0.25, 0.3) is 0 Å². The molecule has 1 aliphatic carbocycles. The minimum Gasteiger partial charge on any atom is -0.390 e. The van der Waals surface area contributed by atoms with Gasteiger partial charge in [-0.15, -0.1) is 10.2 Å². The molecule has 1 aromatic heterocycles. The molecule has 3 atom stereocenters. The first-order chi connectivity index (χ1) is 11.2. The lowest BCUT2D eigenvalue weighted by Crippen LogP contribution is -2.48. The Kier molecular flexibility index (Phi) is 4.83. The number of aromatic nitrogens is 4. The molecule has 0 amide bonds. The predicted octanol–water partition coefficient (Wildman–Crippen LogP) is 2.14. The molecule has 0 bridgehead atoms. The van der Waals surface area contributed by atoms with E-state index in [-0.39, 0.29) is 12.0 Å². The first kappa shape index (κ1) is 17.6. The minimum absolute atomic E-state index is 0.193. The van der Waals surface area contributed by atoms with Crippen molar-refractivity contribution < 1.29 is 18.3 Å². The maximum atomic E-state index is 12.4. The average Bonchev–Trinajstić information content (AvgIpc) is 3.07. The summed E-state index contributed by atoms with van der Waals surface area (Å²) in [5, 5.41) is 21.8. The highest BCUT2D eigenvalue weighted by atomic mass is 19.4. The van der Waals surface area contributed by atoms with E-state index in [9.17, 15) is 18.3 Å². The standard InChI is InChI=1S/C15H24F3N5O/c1-14(24)7-3-2-5-11(14)12-6-4-8-22(12)9-13-19-21-23(20-13)10-15(16,17)18/h11-12,24H,2-10H2,1H3. The van der Waals surface area contributed by atoms with E-state index < -0.39 is 18.3 Å². The van der Waals surface area contributed by atoms with Crippen LogP contribution in [0.2, 0.25) is 0 Å². The van der Waals surface area contributed by atoms with Crippen molar-refractivity contribution in [3.05, 3.63) is 5.82 Å². The van der Waals surface area contributed by atoms with Gasteiger partial charge in [-0.2, -0.15) is 18.0 Å². The molecule has 6 nitrogen and oxygen atoms in total. The van der Waals surface area contributed by atoms with Crippen molar-refractivity contribution in [3.8, 4) is 0 Å². The van der Waals surface area contributed by atoms with E-state index in [0.717, 1.165) is 45.1 Å². The number of tetrazole rings is 1. The van der Waals surface area contributed by atoms with Crippen molar-refractivity contribution >= 4 is 0 Å². The second-order valence-electron chi connectivity index (χ2n) is 7.24. The smallest absolute Gasteiger partial charge is 0.390 e. The molecule has 0 radical (unpaired) electrons. The van der Waals surface area contributed by atoms with Gasteiger partial charge >= 0.3 is 6.18 Å². The number of rotatable bonds is 4. The maximum Gasteiger partial charge on any atom is 0.409 e. The summed E-state index contributed by atoms with van der Waals surface area (Å²) in [4.78, 5) is 2.79. The van der Waals surface area contributed by atoms with Gasteiger partial charge in [0.05, 0.1) is 12.1 Å². The molecule has 0 spiro atoms. The predicted molar refractivity (Wildman–Crippen MR) is 79.9 cm³/mol. The molecule has 2 heterocycles. The van der Waals surface area contributed by atoms with Crippen molar-refractivity contribution in [2.75, 3.05) is 6.54 Å². The first-order valence-electron chi connectivity index (χ1n) is 8.54. The molecule has 9 heteroatoms. The third-order valence-electron chi connectivity index (χ3n) is 5.29. The van der Waals surface area contributed by atoms with Crippen molar-refractivity contribution in [2.45, 2.75) is 76.4 Å². The molecule has 24 heavy (non-hydrogen) atoms. The van der Waals surface area contributed by atoms with E-state index in [1.807, 2.05) is 6.92 Å². The summed E-state index contributed by atoms with van der Waals surface area (Å²) in [5.74, 6) is 0.501. The molecule has 3 rings (SSSR count). The van der Waals surface area contributed by atoms with Crippen LogP contribution in [0.5, 0.6) is 0 Å². The van der Waals surface area contributed by atoms with Gasteiger partial charge < -0.3 is 5.11 Å². The first-order valence-corrected chi connectivity index (χ1v) is 8.54. The van der Waals surface area contributed by atoms with Gasteiger partial charge in [-0.3, -0.25) is 4.90 Å². The summed E-state index contributed by atoms with van der Waals surface area (Å²) in [6.45, 7) is 1.92. The zero-order valence-electron chi connectivity index (χ0n) is 13.8. The quantitative estimate of drug-likeness (QED) is 0.904. The number of likely N-dealkylation sites (tertiary alicyclic amines) is 1. The van der Waals surface area contributed by atoms with Gasteiger partial charge in [0, 0.05) is 12.0 Å². The summed E-state index contributed by atoms with van der Waals surface area (Å²) in [5.41, 5.74) is -0.674. The molecule has 136 valence electrons. The highest BCUT2D eigenvalue weighted by Gasteiger charge is 2.43. The Morgan fingerprint density at radius 2 is 2.04 bits per heavy atom. The van der Waals surface area contributed by atoms with E-state index in [1.54, 1.807) is 0 Å². The fraction of sp³-hybridized carbons (Fsp3) is 0.933. The van der Waals surface area contributed by atoms with E-state index in [2.05, 4.69) is 20.3 Å². The van der Waals surface area contributed by atoms with Crippen LogP contribution < -0.4 is 0 Å². The van der Waals surface area contributed by atoms with Gasteiger partial charge in [0.25, 0.3) is 0 Å². The lowest BCUT2D eigenvalue weighted by Gasteiger charge is -2.43. The summed E-state index contributed by atoms with van der Waals surface area (Å²) in [6, 6.07) is 0.231. The number of aliphatic hydroxyl groups is 1. The molecule has 1 saturated carbocycles. The van der Waals surface area contributed by atoms with Gasteiger partial charge in [-0.1, -0.05) is 12.8 Å². The van der Waals surface area contributed by atoms with Crippen molar-refractivity contribution in [1.29, 1.82) is 0 Å². The summed E-state index contributed by atoms with van der Waals surface area (Å²) in [6.07, 6.45) is 1.62. The third-order valence-corrected chi connectivity index (χ3v) is 5.29. The SMILES string of the molecule is CC1(O)CCCCC1C1CCCN1Cc1nnn(CC(F)(F)F)n1. The Bertz CT molecular complexity index is 560. The van der Waals surface area contributed by atoms with Crippen LogP contribution in [0.1, 0.15) is 51.3 Å². The normalized spacial score (nSPS) is 32.4. The van der Waals surface area contributed by atoms with Crippen LogP contribution in [0, 0.1) is 5.92 Å². The van der Waals surface area contributed by atoms with Crippen molar-refractivity contribution in [2.24, 2.45) is 5.92 Å². The monoisotopic (exact) mass is 347 g/mol. The fourth-order valence-electron chi connectivity index (χ4n) is 4.20. The van der Waals surface area contributed by atoms with Crippen LogP contribution in [0.3, 0.4) is 0 Å². The van der Waals surface area contributed by atoms with Gasteiger partial charge in [-0.25, -0.2) is 0 Å². The Morgan fingerprint density at radius 1 is 1.25 bits per heavy atom. The molecular weight excluding hydrogens is 323 g/mol. The lowest BCUT2D eigenvalue weighted by atomic mass is 9.72. The molecule has 0 aromatic carbocycles. The van der Waals surface area contributed by atoms with Gasteiger partial charge in [0.15, 0.2) is 12.4 Å². The summed E-state index contributed by atoms with van der Waals surface area (Å²) in [7, 11) is 0. The topological polar surface area (TPSA) is 67.1 Å². The van der Waals surface area contributed by atoms with E-state index in [1.165, 1.54) is 0 Å². The van der Waals surface area contributed by atoms with Crippen LogP contribution in [-0.4, -0.2) is 54.6 Å². The molecule has 2 fully saturated rings. The summed E-state index contributed by atoms with van der Waals surface area (Å²) < 4.78 is 37.1. The maximum absolute atomic E-state index is 12.4. The number of hydrogen-bond acceptors (Lipinski definition) is 5. The third kappa shape index (κ3) is 4.05. The second-order valence-corrected chi connectivity index (χ2v) is 7.24. The van der Waals surface area contributed by atoms with E-state index >= 15 is 0 Å². The molecule has 3 unspecified atom stereocenters. The van der Waals surface area contributed by atoms with Crippen molar-refractivity contribution in [1.82, 2.24) is 25.1 Å². The number of alkyl halides is 3. The summed E-state index contributed by atoms with van der Waals surface area (Å²) >= 11 is 0. The molecule has 2 aliphatic rings. The Labute approximate surface area is 139 Å². The highest BCUT2D eigenvalue weighted by molar-refractivity contribution is 4.97. The Balaban J connectivity index is 1.66. The zero-order valence-corrected chi connectivity index (χ0v) is 13.8. The van der Waals surface area contributed by atoms with E-state index in [0.29, 0.717) is 17.2 Å². The minimum atomic E-state index is -4.35. The number of halogens is 3. The second kappa shape index (κ2) is 6.59. The fourth-order valence-corrected chi connectivity index (χ4v) is 4.20. The van der Waals surface area contributed by atoms with Crippen LogP contribution in [0.4, 0.5) is 13.2 Å². The molecule has 1 N–H and O–H groups in total. The average molecular weight is 347 g/mol. The molecule has 1 aromatic rings. The number of nitrogens with zero attached hydrogens (tertiary/aromatic N) is 5. The Morgan fingerprint density at radius 3 is 2.75 bits per heavy atom. The molecule has 1 aliphatic heterocycles. The van der Waals surface area contributed by atoms with Gasteiger partial charge in [0.1, 0.15) is 0 Å². The van der Waals surface area contributed by atoms with Gasteiger partial charge in [-0.05, 0) is 44.4 Å². The van der Waals surface area contributed by atoms with E-state index in [4.69, 9.17) is 0 Å². The molecule has 1 saturated heterocycles. The largest absolute Gasteiger partial charge is 0.409 e. The number of hydrogen-bond donors (Lipinski definition) is 1. The Hall–Kier alpha value is -1.22. The van der Waals surface area contributed by atoms with Crippen molar-refractivity contribution in [3.63, 3.8) is 0 Å². The van der Waals surface area contributed by atoms with Crippen LogP contribution in [-0.2, 0) is 13.1 Å². The van der Waals surface area contributed by atoms with Crippen LogP contribution in [0.15, 0.2) is 0 Å². The zero-order chi connectivity index (χ0) is 17.4. The highest BCUT2D eigenvalue weighted by Crippen LogP contribution is 2.40. The lowest BCUT2D eigenvalue weighted by molar-refractivity contribution is -0.145.